The molecular weight excluding hydrogens is 410 g/mol. The SMILES string of the molecule is O=C1CN(Cc2ccc(F)cc2)C[C@@H]2[C@@H](c3ccc(-c4ccccc4F)cc3)[C@H](CO)N12. The van der Waals surface area contributed by atoms with E-state index in [0.717, 1.165) is 16.7 Å². The van der Waals surface area contributed by atoms with Crippen LogP contribution in [0, 0.1) is 11.6 Å². The van der Waals surface area contributed by atoms with Gasteiger partial charge in [0, 0.05) is 24.6 Å². The second kappa shape index (κ2) is 8.45. The van der Waals surface area contributed by atoms with E-state index in [2.05, 4.69) is 4.90 Å². The summed E-state index contributed by atoms with van der Waals surface area (Å²) in [5, 5.41) is 9.98. The van der Waals surface area contributed by atoms with E-state index in [9.17, 15) is 18.7 Å². The van der Waals surface area contributed by atoms with Gasteiger partial charge in [-0.25, -0.2) is 8.78 Å². The van der Waals surface area contributed by atoms with E-state index in [0.29, 0.717) is 18.7 Å². The zero-order valence-electron chi connectivity index (χ0n) is 17.5. The first-order chi connectivity index (χ1) is 15.5. The Balaban J connectivity index is 1.36. The molecule has 2 aliphatic heterocycles. The Hall–Kier alpha value is -3.09. The fourth-order valence-corrected chi connectivity index (χ4v) is 5.11. The third-order valence-corrected chi connectivity index (χ3v) is 6.62. The molecule has 0 saturated carbocycles. The van der Waals surface area contributed by atoms with Gasteiger partial charge in [-0.1, -0.05) is 54.6 Å². The van der Waals surface area contributed by atoms with Crippen molar-refractivity contribution < 1.29 is 18.7 Å². The number of fused-ring (bicyclic) bond motifs is 1. The van der Waals surface area contributed by atoms with Crippen LogP contribution < -0.4 is 0 Å². The van der Waals surface area contributed by atoms with Crippen LogP contribution in [0.25, 0.3) is 11.1 Å². The number of carbonyl (C=O) groups excluding carboxylic acids is 1. The second-order valence-corrected chi connectivity index (χ2v) is 8.54. The highest BCUT2D eigenvalue weighted by atomic mass is 19.1. The van der Waals surface area contributed by atoms with Gasteiger partial charge in [-0.2, -0.15) is 0 Å². The van der Waals surface area contributed by atoms with Crippen LogP contribution in [0.4, 0.5) is 8.78 Å². The minimum absolute atomic E-state index is 0.00152. The van der Waals surface area contributed by atoms with E-state index in [1.54, 1.807) is 35.2 Å². The van der Waals surface area contributed by atoms with Crippen LogP contribution in [-0.2, 0) is 11.3 Å². The lowest BCUT2D eigenvalue weighted by Gasteiger charge is -2.59. The van der Waals surface area contributed by atoms with Gasteiger partial charge in [0.25, 0.3) is 0 Å². The lowest BCUT2D eigenvalue weighted by Crippen LogP contribution is -2.72. The molecule has 1 N–H and O–H groups in total. The lowest BCUT2D eigenvalue weighted by molar-refractivity contribution is -0.162. The monoisotopic (exact) mass is 434 g/mol. The predicted octanol–water partition coefficient (Wildman–Crippen LogP) is 3.80. The van der Waals surface area contributed by atoms with Gasteiger partial charge >= 0.3 is 0 Å². The quantitative estimate of drug-likeness (QED) is 0.664. The summed E-state index contributed by atoms with van der Waals surface area (Å²) in [5.74, 6) is -0.535. The van der Waals surface area contributed by atoms with E-state index in [1.807, 2.05) is 24.3 Å². The molecular formula is C26H24F2N2O2. The Bertz CT molecular complexity index is 1120. The van der Waals surface area contributed by atoms with Crippen molar-refractivity contribution >= 4 is 5.91 Å². The number of hydrogen-bond donors (Lipinski definition) is 1. The van der Waals surface area contributed by atoms with Crippen LogP contribution in [0.15, 0.2) is 72.8 Å². The molecule has 164 valence electrons. The fourth-order valence-electron chi connectivity index (χ4n) is 5.11. The molecule has 2 heterocycles. The maximum atomic E-state index is 14.1. The van der Waals surface area contributed by atoms with Gasteiger partial charge in [0.15, 0.2) is 0 Å². The minimum atomic E-state index is -0.279. The largest absolute Gasteiger partial charge is 0.394 e. The molecule has 3 aromatic rings. The summed E-state index contributed by atoms with van der Waals surface area (Å²) in [6.45, 7) is 1.43. The summed E-state index contributed by atoms with van der Waals surface area (Å²) in [7, 11) is 0. The first-order valence-electron chi connectivity index (χ1n) is 10.8. The molecule has 0 aromatic heterocycles. The number of aliphatic hydroxyl groups excluding tert-OH is 1. The predicted molar refractivity (Wildman–Crippen MR) is 118 cm³/mol. The number of nitrogens with zero attached hydrogens (tertiary/aromatic N) is 2. The van der Waals surface area contributed by atoms with Crippen molar-refractivity contribution in [2.24, 2.45) is 0 Å². The topological polar surface area (TPSA) is 43.8 Å². The van der Waals surface area contributed by atoms with Crippen molar-refractivity contribution in [2.75, 3.05) is 19.7 Å². The zero-order valence-corrected chi connectivity index (χ0v) is 17.5. The van der Waals surface area contributed by atoms with Crippen LogP contribution >= 0.6 is 0 Å². The maximum Gasteiger partial charge on any atom is 0.237 e. The molecule has 4 nitrogen and oxygen atoms in total. The third kappa shape index (κ3) is 3.70. The normalized spacial score (nSPS) is 23.0. The Morgan fingerprint density at radius 2 is 1.66 bits per heavy atom. The first-order valence-corrected chi connectivity index (χ1v) is 10.8. The average molecular weight is 434 g/mol. The van der Waals surface area contributed by atoms with Crippen LogP contribution in [0.5, 0.6) is 0 Å². The van der Waals surface area contributed by atoms with Crippen LogP contribution in [0.3, 0.4) is 0 Å². The number of aliphatic hydroxyl groups is 1. The van der Waals surface area contributed by atoms with Gasteiger partial charge in [0.1, 0.15) is 11.6 Å². The van der Waals surface area contributed by atoms with Crippen molar-refractivity contribution in [1.29, 1.82) is 0 Å². The molecule has 0 bridgehead atoms. The number of piperazine rings is 1. The van der Waals surface area contributed by atoms with E-state index in [4.69, 9.17) is 0 Å². The van der Waals surface area contributed by atoms with Gasteiger partial charge in [-0.15, -0.1) is 0 Å². The molecule has 32 heavy (non-hydrogen) atoms. The van der Waals surface area contributed by atoms with Crippen molar-refractivity contribution in [2.45, 2.75) is 24.5 Å². The number of hydrogen-bond acceptors (Lipinski definition) is 3. The molecule has 5 rings (SSSR count). The Morgan fingerprint density at radius 3 is 2.34 bits per heavy atom. The Labute approximate surface area is 185 Å². The number of halogens is 2. The number of rotatable bonds is 5. The number of amides is 1. The van der Waals surface area contributed by atoms with Crippen LogP contribution in [0.2, 0.25) is 0 Å². The van der Waals surface area contributed by atoms with E-state index >= 15 is 0 Å². The minimum Gasteiger partial charge on any atom is -0.394 e. The van der Waals surface area contributed by atoms with Crippen LogP contribution in [0.1, 0.15) is 17.0 Å². The highest BCUT2D eigenvalue weighted by Gasteiger charge is 2.53. The van der Waals surface area contributed by atoms with E-state index < -0.39 is 0 Å². The van der Waals surface area contributed by atoms with Crippen molar-refractivity contribution in [3.63, 3.8) is 0 Å². The van der Waals surface area contributed by atoms with E-state index in [-0.39, 0.29) is 48.7 Å². The van der Waals surface area contributed by atoms with Gasteiger partial charge in [-0.3, -0.25) is 9.69 Å². The van der Waals surface area contributed by atoms with Gasteiger partial charge in [0.05, 0.1) is 25.2 Å². The Kier molecular flexibility index (Phi) is 5.49. The maximum absolute atomic E-state index is 14.1. The molecule has 3 atom stereocenters. The highest BCUT2D eigenvalue weighted by Crippen LogP contribution is 2.43. The van der Waals surface area contributed by atoms with Gasteiger partial charge in [0.2, 0.25) is 5.91 Å². The lowest BCUT2D eigenvalue weighted by atomic mass is 9.73. The molecule has 0 radical (unpaired) electrons. The van der Waals surface area contributed by atoms with Crippen LogP contribution in [-0.4, -0.2) is 52.6 Å². The molecule has 0 unspecified atom stereocenters. The highest BCUT2D eigenvalue weighted by molar-refractivity contribution is 5.81. The number of benzene rings is 3. The summed E-state index contributed by atoms with van der Waals surface area (Å²) in [5.41, 5.74) is 3.32. The van der Waals surface area contributed by atoms with E-state index in [1.165, 1.54) is 18.2 Å². The number of carbonyl (C=O) groups is 1. The molecule has 1 amide bonds. The molecule has 3 aromatic carbocycles. The summed E-state index contributed by atoms with van der Waals surface area (Å²) >= 11 is 0. The molecule has 2 saturated heterocycles. The smallest absolute Gasteiger partial charge is 0.237 e. The first kappa shape index (κ1) is 20.8. The second-order valence-electron chi connectivity index (χ2n) is 8.54. The third-order valence-electron chi connectivity index (χ3n) is 6.62. The molecule has 0 spiro atoms. The average Bonchev–Trinajstić information content (AvgIpc) is 2.78. The molecule has 2 fully saturated rings. The summed E-state index contributed by atoms with van der Waals surface area (Å²) < 4.78 is 27.3. The molecule has 0 aliphatic carbocycles. The van der Waals surface area contributed by atoms with Crippen molar-refractivity contribution in [3.05, 3.63) is 95.6 Å². The molecule has 2 aliphatic rings. The fraction of sp³-hybridized carbons (Fsp3) is 0.269. The summed E-state index contributed by atoms with van der Waals surface area (Å²) in [4.78, 5) is 16.7. The van der Waals surface area contributed by atoms with Crippen molar-refractivity contribution in [3.8, 4) is 11.1 Å². The zero-order chi connectivity index (χ0) is 22.2. The summed E-state index contributed by atoms with van der Waals surface area (Å²) in [6, 6.07) is 20.4. The van der Waals surface area contributed by atoms with Gasteiger partial charge in [-0.05, 0) is 34.9 Å². The summed E-state index contributed by atoms with van der Waals surface area (Å²) in [6.07, 6.45) is 0. The molecule has 6 heteroatoms. The van der Waals surface area contributed by atoms with Gasteiger partial charge < -0.3 is 10.0 Å². The van der Waals surface area contributed by atoms with Crippen molar-refractivity contribution in [1.82, 2.24) is 9.80 Å². The standard InChI is InChI=1S/C26H24F2N2O2/c27-20-11-5-17(6-12-20)13-29-14-23-26(24(16-31)30(23)25(32)15-29)19-9-7-18(8-10-19)21-3-1-2-4-22(21)28/h1-12,23-24,26,31H,13-16H2/t23-,24+,26-/m1/s1. The Morgan fingerprint density at radius 1 is 0.938 bits per heavy atom.